The highest BCUT2D eigenvalue weighted by atomic mass is 19.1. The lowest BCUT2D eigenvalue weighted by Gasteiger charge is -2.16. The summed E-state index contributed by atoms with van der Waals surface area (Å²) in [5, 5.41) is 0. The number of methoxy groups -OCH3 is 2. The van der Waals surface area contributed by atoms with Gasteiger partial charge in [0.2, 0.25) is 5.95 Å². The zero-order valence-corrected chi connectivity index (χ0v) is 10.4. The normalized spacial score (nSPS) is 13.1. The third-order valence-corrected chi connectivity index (χ3v) is 2.81. The molecule has 0 aliphatic carbocycles. The average Bonchev–Trinajstić information content (AvgIpc) is 2.65. The maximum Gasteiger partial charge on any atom is 0.201 e. The van der Waals surface area contributed by atoms with E-state index < -0.39 is 0 Å². The minimum absolute atomic E-state index is 0.155. The average molecular weight is 253 g/mol. The van der Waals surface area contributed by atoms with Crippen LogP contribution in [0.1, 0.15) is 0 Å². The number of benzene rings is 1. The van der Waals surface area contributed by atoms with Gasteiger partial charge in [0.25, 0.3) is 0 Å². The predicted octanol–water partition coefficient (Wildman–Crippen LogP) is 1.42. The first-order valence-electron chi connectivity index (χ1n) is 5.58. The fraction of sp³-hybridized carbons (Fsp3) is 0.417. The number of rotatable bonds is 5. The number of ether oxygens (including phenoxy) is 2. The van der Waals surface area contributed by atoms with Gasteiger partial charge >= 0.3 is 0 Å². The standard InChI is InChI=1S/C12H16FN3O2/c1-17-7-9(18-2)6-16-11-5-8(13)3-4-10(11)15-12(16)14/h3-5,9H,6-7H2,1-2H3,(H2,14,15). The Labute approximate surface area is 104 Å². The van der Waals surface area contributed by atoms with E-state index in [1.807, 2.05) is 0 Å². The molecule has 98 valence electrons. The molecule has 0 saturated carbocycles. The summed E-state index contributed by atoms with van der Waals surface area (Å²) in [5.74, 6) is 0.0260. The van der Waals surface area contributed by atoms with Crippen molar-refractivity contribution >= 4 is 17.0 Å². The summed E-state index contributed by atoms with van der Waals surface area (Å²) in [6.45, 7) is 0.904. The van der Waals surface area contributed by atoms with Gasteiger partial charge in [0.1, 0.15) is 5.82 Å². The van der Waals surface area contributed by atoms with Gasteiger partial charge in [-0.1, -0.05) is 0 Å². The summed E-state index contributed by atoms with van der Waals surface area (Å²) in [5.41, 5.74) is 7.16. The van der Waals surface area contributed by atoms with E-state index in [9.17, 15) is 4.39 Å². The Kier molecular flexibility index (Phi) is 3.78. The number of hydrogen-bond donors (Lipinski definition) is 1. The Hall–Kier alpha value is -1.66. The largest absolute Gasteiger partial charge is 0.382 e. The molecule has 0 spiro atoms. The Bertz CT molecular complexity index is 541. The van der Waals surface area contributed by atoms with Gasteiger partial charge in [-0.2, -0.15) is 0 Å². The van der Waals surface area contributed by atoms with E-state index in [1.54, 1.807) is 24.9 Å². The Morgan fingerprint density at radius 3 is 2.89 bits per heavy atom. The number of hydrogen-bond acceptors (Lipinski definition) is 4. The van der Waals surface area contributed by atoms with Gasteiger partial charge in [-0.25, -0.2) is 9.37 Å². The number of aromatic nitrogens is 2. The smallest absolute Gasteiger partial charge is 0.201 e. The molecule has 0 saturated heterocycles. The van der Waals surface area contributed by atoms with Crippen LogP contribution in [0.3, 0.4) is 0 Å². The highest BCUT2D eigenvalue weighted by molar-refractivity contribution is 5.78. The summed E-state index contributed by atoms with van der Waals surface area (Å²) in [7, 11) is 3.20. The van der Waals surface area contributed by atoms with Crippen molar-refractivity contribution in [3.05, 3.63) is 24.0 Å². The number of halogens is 1. The number of nitrogen functional groups attached to an aromatic ring is 1. The van der Waals surface area contributed by atoms with Crippen molar-refractivity contribution in [2.75, 3.05) is 26.6 Å². The number of nitrogens with zero attached hydrogens (tertiary/aromatic N) is 2. The summed E-state index contributed by atoms with van der Waals surface area (Å²) in [4.78, 5) is 4.18. The van der Waals surface area contributed by atoms with Crippen LogP contribution in [0.25, 0.3) is 11.0 Å². The van der Waals surface area contributed by atoms with E-state index in [2.05, 4.69) is 4.98 Å². The first-order chi connectivity index (χ1) is 8.65. The molecule has 1 heterocycles. The SMILES string of the molecule is COCC(Cn1c(N)nc2ccc(F)cc21)OC. The van der Waals surface area contributed by atoms with Crippen LogP contribution in [-0.4, -0.2) is 36.5 Å². The van der Waals surface area contributed by atoms with Crippen molar-refractivity contribution in [2.45, 2.75) is 12.6 Å². The van der Waals surface area contributed by atoms with Gasteiger partial charge in [-0.05, 0) is 18.2 Å². The van der Waals surface area contributed by atoms with Crippen LogP contribution in [0.15, 0.2) is 18.2 Å². The van der Waals surface area contributed by atoms with Crippen LogP contribution >= 0.6 is 0 Å². The highest BCUT2D eigenvalue weighted by Gasteiger charge is 2.14. The molecule has 6 heteroatoms. The molecular weight excluding hydrogens is 237 g/mol. The van der Waals surface area contributed by atoms with Crippen LogP contribution in [-0.2, 0) is 16.0 Å². The van der Waals surface area contributed by atoms with Crippen LogP contribution in [0.4, 0.5) is 10.3 Å². The molecule has 1 atom stereocenters. The van der Waals surface area contributed by atoms with Gasteiger partial charge in [-0.15, -0.1) is 0 Å². The summed E-state index contributed by atoms with van der Waals surface area (Å²) >= 11 is 0. The lowest BCUT2D eigenvalue weighted by molar-refractivity contribution is 0.0193. The van der Waals surface area contributed by atoms with Crippen LogP contribution < -0.4 is 5.73 Å². The van der Waals surface area contributed by atoms with Crippen LogP contribution in [0, 0.1) is 5.82 Å². The number of anilines is 1. The van der Waals surface area contributed by atoms with E-state index in [4.69, 9.17) is 15.2 Å². The molecule has 0 aliphatic rings. The van der Waals surface area contributed by atoms with Crippen molar-refractivity contribution in [3.8, 4) is 0 Å². The zero-order chi connectivity index (χ0) is 13.1. The molecule has 0 amide bonds. The second-order valence-corrected chi connectivity index (χ2v) is 4.03. The topological polar surface area (TPSA) is 62.3 Å². The fourth-order valence-electron chi connectivity index (χ4n) is 1.89. The van der Waals surface area contributed by atoms with Gasteiger partial charge in [-0.3, -0.25) is 0 Å². The monoisotopic (exact) mass is 253 g/mol. The van der Waals surface area contributed by atoms with Crippen LogP contribution in [0.2, 0.25) is 0 Å². The third-order valence-electron chi connectivity index (χ3n) is 2.81. The molecule has 18 heavy (non-hydrogen) atoms. The highest BCUT2D eigenvalue weighted by Crippen LogP contribution is 2.19. The van der Waals surface area contributed by atoms with Crippen molar-refractivity contribution in [1.82, 2.24) is 9.55 Å². The number of fused-ring (bicyclic) bond motifs is 1. The Morgan fingerprint density at radius 1 is 1.44 bits per heavy atom. The van der Waals surface area contributed by atoms with Crippen LogP contribution in [0.5, 0.6) is 0 Å². The number of nitrogens with two attached hydrogens (primary N) is 1. The summed E-state index contributed by atoms with van der Waals surface area (Å²) < 4.78 is 25.3. The molecule has 2 aromatic rings. The van der Waals surface area contributed by atoms with Crippen molar-refractivity contribution in [2.24, 2.45) is 0 Å². The molecule has 2 rings (SSSR count). The lowest BCUT2D eigenvalue weighted by atomic mass is 10.3. The van der Waals surface area contributed by atoms with Crippen molar-refractivity contribution in [1.29, 1.82) is 0 Å². The van der Waals surface area contributed by atoms with Gasteiger partial charge < -0.3 is 19.8 Å². The first-order valence-corrected chi connectivity index (χ1v) is 5.58. The second kappa shape index (κ2) is 5.32. The van der Waals surface area contributed by atoms with E-state index in [-0.39, 0.29) is 11.9 Å². The fourth-order valence-corrected chi connectivity index (χ4v) is 1.89. The Balaban J connectivity index is 2.36. The minimum Gasteiger partial charge on any atom is -0.382 e. The van der Waals surface area contributed by atoms with Gasteiger partial charge in [0.15, 0.2) is 0 Å². The lowest BCUT2D eigenvalue weighted by Crippen LogP contribution is -2.24. The molecule has 0 fully saturated rings. The second-order valence-electron chi connectivity index (χ2n) is 4.03. The van der Waals surface area contributed by atoms with Gasteiger partial charge in [0, 0.05) is 14.2 Å². The van der Waals surface area contributed by atoms with Gasteiger partial charge in [0.05, 0.1) is 30.3 Å². The first kappa shape index (κ1) is 12.8. The molecule has 1 aromatic carbocycles. The maximum atomic E-state index is 13.3. The molecule has 0 radical (unpaired) electrons. The van der Waals surface area contributed by atoms with E-state index in [0.29, 0.717) is 30.1 Å². The summed E-state index contributed by atoms with van der Waals surface area (Å²) in [6.07, 6.45) is -0.155. The van der Waals surface area contributed by atoms with E-state index in [1.165, 1.54) is 12.1 Å². The Morgan fingerprint density at radius 2 is 2.22 bits per heavy atom. The molecule has 0 aliphatic heterocycles. The zero-order valence-electron chi connectivity index (χ0n) is 10.4. The van der Waals surface area contributed by atoms with Crippen molar-refractivity contribution < 1.29 is 13.9 Å². The molecule has 0 bridgehead atoms. The molecular formula is C12H16FN3O2. The molecule has 2 N–H and O–H groups in total. The number of imidazole rings is 1. The third kappa shape index (κ3) is 2.44. The van der Waals surface area contributed by atoms with Crippen molar-refractivity contribution in [3.63, 3.8) is 0 Å². The molecule has 1 unspecified atom stereocenters. The van der Waals surface area contributed by atoms with E-state index >= 15 is 0 Å². The minimum atomic E-state index is -0.315. The quantitative estimate of drug-likeness (QED) is 0.875. The summed E-state index contributed by atoms with van der Waals surface area (Å²) in [6, 6.07) is 4.38. The molecule has 1 aromatic heterocycles. The molecule has 5 nitrogen and oxygen atoms in total. The van der Waals surface area contributed by atoms with E-state index in [0.717, 1.165) is 0 Å². The maximum absolute atomic E-state index is 13.3. The predicted molar refractivity (Wildman–Crippen MR) is 66.8 cm³/mol.